The van der Waals surface area contributed by atoms with E-state index in [9.17, 15) is 0 Å². The monoisotopic (exact) mass is 214 g/mol. The number of rotatable bonds is 2. The van der Waals surface area contributed by atoms with Crippen LogP contribution < -0.4 is 5.73 Å². The summed E-state index contributed by atoms with van der Waals surface area (Å²) in [6.45, 7) is 2.29. The number of hydrogen-bond acceptors (Lipinski definition) is 1. The quantitative estimate of drug-likeness (QED) is 0.818. The molecule has 0 amide bonds. The van der Waals surface area contributed by atoms with Crippen LogP contribution in [0, 0.1) is 5.41 Å². The molecule has 3 rings (SSSR count). The van der Waals surface area contributed by atoms with E-state index in [2.05, 4.69) is 49.0 Å². The van der Waals surface area contributed by atoms with E-state index in [1.807, 2.05) is 0 Å². The van der Waals surface area contributed by atoms with Gasteiger partial charge in [-0.2, -0.15) is 0 Å². The molecule has 1 atom stereocenters. The zero-order chi connectivity index (χ0) is 11.3. The molecule has 2 N–H and O–H groups in total. The molecule has 2 nitrogen and oxygen atoms in total. The third kappa shape index (κ3) is 1.30. The van der Waals surface area contributed by atoms with E-state index < -0.39 is 0 Å². The Morgan fingerprint density at radius 3 is 2.69 bits per heavy atom. The number of nitrogens with zero attached hydrogens (tertiary/aromatic N) is 1. The van der Waals surface area contributed by atoms with Gasteiger partial charge in [0.25, 0.3) is 0 Å². The van der Waals surface area contributed by atoms with Gasteiger partial charge in [-0.15, -0.1) is 0 Å². The molecule has 1 unspecified atom stereocenters. The highest BCUT2D eigenvalue weighted by molar-refractivity contribution is 5.84. The van der Waals surface area contributed by atoms with Crippen molar-refractivity contribution in [3.05, 3.63) is 36.0 Å². The third-order valence-electron chi connectivity index (χ3n) is 4.05. The fourth-order valence-corrected chi connectivity index (χ4v) is 2.50. The van der Waals surface area contributed by atoms with Crippen LogP contribution in [0.2, 0.25) is 0 Å². The molecule has 1 aliphatic carbocycles. The summed E-state index contributed by atoms with van der Waals surface area (Å²) in [5.74, 6) is 0. The molecule has 16 heavy (non-hydrogen) atoms. The topological polar surface area (TPSA) is 30.9 Å². The summed E-state index contributed by atoms with van der Waals surface area (Å²) < 4.78 is 2.18. The van der Waals surface area contributed by atoms with Crippen molar-refractivity contribution in [1.82, 2.24) is 4.57 Å². The standard InChI is InChI=1S/C14H18N2/c1-14(7-8-14)13(15)11-9-16(2)12-6-4-3-5-10(11)12/h3-6,9,13H,7-8,15H2,1-2H3. The van der Waals surface area contributed by atoms with Crippen molar-refractivity contribution in [3.63, 3.8) is 0 Å². The molecule has 1 fully saturated rings. The Bertz CT molecular complexity index is 535. The first-order chi connectivity index (χ1) is 7.62. The average Bonchev–Trinajstić information content (AvgIpc) is 2.96. The minimum atomic E-state index is 0.179. The van der Waals surface area contributed by atoms with Crippen LogP contribution in [-0.4, -0.2) is 4.57 Å². The Morgan fingerprint density at radius 1 is 1.31 bits per heavy atom. The van der Waals surface area contributed by atoms with Crippen LogP contribution in [0.3, 0.4) is 0 Å². The normalized spacial score (nSPS) is 19.9. The summed E-state index contributed by atoms with van der Waals surface area (Å²) in [7, 11) is 2.09. The van der Waals surface area contributed by atoms with Gasteiger partial charge in [-0.05, 0) is 29.9 Å². The Balaban J connectivity index is 2.16. The third-order valence-corrected chi connectivity index (χ3v) is 4.05. The van der Waals surface area contributed by atoms with E-state index >= 15 is 0 Å². The summed E-state index contributed by atoms with van der Waals surface area (Å²) >= 11 is 0. The number of aromatic nitrogens is 1. The van der Waals surface area contributed by atoms with Crippen molar-refractivity contribution in [3.8, 4) is 0 Å². The summed E-state index contributed by atoms with van der Waals surface area (Å²) in [5.41, 5.74) is 9.32. The SMILES string of the molecule is Cn1cc(C(N)C2(C)CC2)c2ccccc21. The summed E-state index contributed by atoms with van der Waals surface area (Å²) in [6, 6.07) is 8.68. The fraction of sp³-hybridized carbons (Fsp3) is 0.429. The second-order valence-electron chi connectivity index (χ2n) is 5.34. The molecule has 1 aliphatic rings. The minimum absolute atomic E-state index is 0.179. The fourth-order valence-electron chi connectivity index (χ4n) is 2.50. The molecule has 0 radical (unpaired) electrons. The van der Waals surface area contributed by atoms with E-state index in [1.165, 1.54) is 29.3 Å². The molecule has 1 heterocycles. The molecule has 1 aromatic carbocycles. The maximum Gasteiger partial charge on any atom is 0.0481 e. The van der Waals surface area contributed by atoms with Gasteiger partial charge < -0.3 is 10.3 Å². The molecule has 2 aromatic rings. The number of benzene rings is 1. The number of aryl methyl sites for hydroxylation is 1. The van der Waals surface area contributed by atoms with Gasteiger partial charge in [-0.25, -0.2) is 0 Å². The predicted molar refractivity (Wildman–Crippen MR) is 67.2 cm³/mol. The maximum atomic E-state index is 6.40. The molecule has 1 aromatic heterocycles. The van der Waals surface area contributed by atoms with Gasteiger partial charge in [0.1, 0.15) is 0 Å². The lowest BCUT2D eigenvalue weighted by Crippen LogP contribution is -2.19. The van der Waals surface area contributed by atoms with Crippen LogP contribution >= 0.6 is 0 Å². The van der Waals surface area contributed by atoms with Crippen LogP contribution in [-0.2, 0) is 7.05 Å². The van der Waals surface area contributed by atoms with Crippen molar-refractivity contribution < 1.29 is 0 Å². The Hall–Kier alpha value is -1.28. The summed E-state index contributed by atoms with van der Waals surface area (Å²) in [6.07, 6.45) is 4.72. The average molecular weight is 214 g/mol. The van der Waals surface area contributed by atoms with Gasteiger partial charge in [0.15, 0.2) is 0 Å². The van der Waals surface area contributed by atoms with Crippen molar-refractivity contribution in [2.45, 2.75) is 25.8 Å². The largest absolute Gasteiger partial charge is 0.350 e. The molecule has 0 bridgehead atoms. The van der Waals surface area contributed by atoms with Crippen molar-refractivity contribution in [2.24, 2.45) is 18.2 Å². The van der Waals surface area contributed by atoms with Crippen molar-refractivity contribution >= 4 is 10.9 Å². The molecule has 84 valence electrons. The molecule has 2 heteroatoms. The highest BCUT2D eigenvalue weighted by atomic mass is 14.9. The lowest BCUT2D eigenvalue weighted by atomic mass is 9.92. The zero-order valence-corrected chi connectivity index (χ0v) is 9.90. The molecule has 0 saturated heterocycles. The van der Waals surface area contributed by atoms with Crippen LogP contribution in [0.15, 0.2) is 30.5 Å². The number of hydrogen-bond donors (Lipinski definition) is 1. The highest BCUT2D eigenvalue weighted by Gasteiger charge is 2.44. The van der Waals surface area contributed by atoms with Crippen LogP contribution in [0.4, 0.5) is 0 Å². The molecule has 0 aliphatic heterocycles. The molecule has 1 saturated carbocycles. The summed E-state index contributed by atoms with van der Waals surface area (Å²) in [5, 5.41) is 1.31. The lowest BCUT2D eigenvalue weighted by Gasteiger charge is -2.18. The first-order valence-electron chi connectivity index (χ1n) is 5.91. The van der Waals surface area contributed by atoms with E-state index in [0.29, 0.717) is 5.41 Å². The van der Waals surface area contributed by atoms with E-state index in [0.717, 1.165) is 0 Å². The highest BCUT2D eigenvalue weighted by Crippen LogP contribution is 2.54. The van der Waals surface area contributed by atoms with E-state index in [1.54, 1.807) is 0 Å². The van der Waals surface area contributed by atoms with Gasteiger partial charge in [0.2, 0.25) is 0 Å². The van der Waals surface area contributed by atoms with Crippen LogP contribution in [0.25, 0.3) is 10.9 Å². The predicted octanol–water partition coefficient (Wildman–Crippen LogP) is 2.98. The van der Waals surface area contributed by atoms with E-state index in [-0.39, 0.29) is 6.04 Å². The first kappa shape index (κ1) is 9.91. The number of nitrogens with two attached hydrogens (primary N) is 1. The zero-order valence-electron chi connectivity index (χ0n) is 9.90. The second-order valence-corrected chi connectivity index (χ2v) is 5.34. The number of para-hydroxylation sites is 1. The van der Waals surface area contributed by atoms with Gasteiger partial charge in [0, 0.05) is 30.2 Å². The van der Waals surface area contributed by atoms with Crippen LogP contribution in [0.5, 0.6) is 0 Å². The molecule has 0 spiro atoms. The Labute approximate surface area is 96.1 Å². The number of fused-ring (bicyclic) bond motifs is 1. The van der Waals surface area contributed by atoms with Crippen molar-refractivity contribution in [1.29, 1.82) is 0 Å². The minimum Gasteiger partial charge on any atom is -0.350 e. The Morgan fingerprint density at radius 2 is 2.00 bits per heavy atom. The maximum absolute atomic E-state index is 6.40. The van der Waals surface area contributed by atoms with Crippen LogP contribution in [0.1, 0.15) is 31.4 Å². The van der Waals surface area contributed by atoms with Gasteiger partial charge in [-0.1, -0.05) is 25.1 Å². The van der Waals surface area contributed by atoms with Gasteiger partial charge in [0.05, 0.1) is 0 Å². The Kier molecular flexibility index (Phi) is 1.93. The van der Waals surface area contributed by atoms with Gasteiger partial charge in [-0.3, -0.25) is 0 Å². The first-order valence-corrected chi connectivity index (χ1v) is 5.91. The van der Waals surface area contributed by atoms with Gasteiger partial charge >= 0.3 is 0 Å². The molecular weight excluding hydrogens is 196 g/mol. The van der Waals surface area contributed by atoms with E-state index in [4.69, 9.17) is 5.73 Å². The summed E-state index contributed by atoms with van der Waals surface area (Å²) in [4.78, 5) is 0. The second kappa shape index (κ2) is 3.11. The molecular formula is C14H18N2. The smallest absolute Gasteiger partial charge is 0.0481 e. The lowest BCUT2D eigenvalue weighted by molar-refractivity contribution is 0.453. The van der Waals surface area contributed by atoms with Crippen molar-refractivity contribution in [2.75, 3.05) is 0 Å².